The minimum atomic E-state index is -0.171. The molecule has 1 fully saturated rings. The van der Waals surface area contributed by atoms with Crippen LogP contribution in [0, 0.1) is 0 Å². The van der Waals surface area contributed by atoms with Crippen LogP contribution in [0.3, 0.4) is 0 Å². The van der Waals surface area contributed by atoms with E-state index in [1.54, 1.807) is 5.56 Å². The lowest BCUT2D eigenvalue weighted by Crippen LogP contribution is -2.64. The van der Waals surface area contributed by atoms with Crippen LogP contribution in [0.2, 0.25) is 0 Å². The van der Waals surface area contributed by atoms with Gasteiger partial charge in [-0.2, -0.15) is 0 Å². The highest BCUT2D eigenvalue weighted by molar-refractivity contribution is 7.26. The molecule has 81 heavy (non-hydrogen) atoms. The van der Waals surface area contributed by atoms with Crippen LogP contribution in [0.1, 0.15) is 177 Å². The summed E-state index contributed by atoms with van der Waals surface area (Å²) < 4.78 is 2.66. The average molecular weight is 1080 g/mol. The third-order valence-corrected chi connectivity index (χ3v) is 20.9. The minimum Gasteiger partial charge on any atom is -0.335 e. The van der Waals surface area contributed by atoms with E-state index in [9.17, 15) is 0 Å². The Morgan fingerprint density at radius 2 is 0.988 bits per heavy atom. The molecule has 4 heterocycles. The zero-order valence-electron chi connectivity index (χ0n) is 51.6. The van der Waals surface area contributed by atoms with Crippen molar-refractivity contribution in [1.82, 2.24) is 0 Å². The summed E-state index contributed by atoms with van der Waals surface area (Å²) in [6.07, 6.45) is 4.75. The van der Waals surface area contributed by atoms with Crippen LogP contribution in [0.25, 0.3) is 31.3 Å². The van der Waals surface area contributed by atoms with E-state index in [-0.39, 0.29) is 44.7 Å². The largest absolute Gasteiger partial charge is 0.335 e. The summed E-state index contributed by atoms with van der Waals surface area (Å²) in [5, 5.41) is 2.72. The molecule has 2 atom stereocenters. The maximum absolute atomic E-state index is 2.93. The Labute approximate surface area is 489 Å². The maximum atomic E-state index is 2.93. The Morgan fingerprint density at radius 1 is 0.444 bits per heavy atom. The summed E-state index contributed by atoms with van der Waals surface area (Å²) in [5.74, 6) is 0. The summed E-state index contributed by atoms with van der Waals surface area (Å²) >= 11 is 1.95. The lowest BCUT2D eigenvalue weighted by atomic mass is 9.33. The van der Waals surface area contributed by atoms with E-state index in [4.69, 9.17) is 0 Å². The molecule has 3 aliphatic heterocycles. The summed E-state index contributed by atoms with van der Waals surface area (Å²) in [5.41, 5.74) is 24.7. The second-order valence-electron chi connectivity index (χ2n) is 30.3. The Balaban J connectivity index is 1.21. The van der Waals surface area contributed by atoms with Gasteiger partial charge in [-0.25, -0.2) is 0 Å². The van der Waals surface area contributed by atoms with Gasteiger partial charge in [0.15, 0.2) is 0 Å². The molecule has 0 bridgehead atoms. The first-order valence-corrected chi connectivity index (χ1v) is 31.1. The molecule has 13 rings (SSSR count). The summed E-state index contributed by atoms with van der Waals surface area (Å²) in [6, 6.07) is 60.6. The first-order valence-electron chi connectivity index (χ1n) is 30.2. The lowest BCUT2D eigenvalue weighted by molar-refractivity contribution is 0.195. The highest BCUT2D eigenvalue weighted by Gasteiger charge is 2.62. The van der Waals surface area contributed by atoms with Crippen molar-refractivity contribution >= 4 is 100 Å². The highest BCUT2D eigenvalue weighted by atomic mass is 32.1. The number of hydrogen-bond acceptors (Lipinski definition) is 4. The van der Waals surface area contributed by atoms with Crippen molar-refractivity contribution in [2.45, 2.75) is 181 Å². The Bertz CT molecular complexity index is 3940. The van der Waals surface area contributed by atoms with E-state index in [1.807, 2.05) is 11.3 Å². The molecule has 1 aromatic heterocycles. The maximum Gasteiger partial charge on any atom is 0.252 e. The van der Waals surface area contributed by atoms with Crippen LogP contribution in [-0.2, 0) is 32.5 Å². The van der Waals surface area contributed by atoms with E-state index in [2.05, 4.69) is 284 Å². The fourth-order valence-corrected chi connectivity index (χ4v) is 15.7. The third kappa shape index (κ3) is 8.39. The van der Waals surface area contributed by atoms with Crippen molar-refractivity contribution in [2.75, 3.05) is 14.7 Å². The second-order valence-corrected chi connectivity index (χ2v) is 31.4. The first-order chi connectivity index (χ1) is 38.0. The van der Waals surface area contributed by atoms with E-state index in [0.717, 1.165) is 23.5 Å². The quantitative estimate of drug-likeness (QED) is 0.159. The first kappa shape index (κ1) is 53.7. The zero-order chi connectivity index (χ0) is 57.3. The van der Waals surface area contributed by atoms with Crippen LogP contribution in [-0.4, -0.2) is 12.3 Å². The molecule has 4 aliphatic rings. The van der Waals surface area contributed by atoms with Gasteiger partial charge in [0.25, 0.3) is 6.71 Å². The van der Waals surface area contributed by atoms with Crippen molar-refractivity contribution in [1.29, 1.82) is 0 Å². The summed E-state index contributed by atoms with van der Waals surface area (Å²) in [6.45, 7) is 40.6. The van der Waals surface area contributed by atoms with Crippen LogP contribution in [0.4, 0.5) is 45.5 Å². The molecular formula is C76H84BN3S. The predicted octanol–water partition coefficient (Wildman–Crippen LogP) is 20.0. The molecule has 5 heteroatoms. The van der Waals surface area contributed by atoms with Crippen LogP contribution in [0.15, 0.2) is 152 Å². The summed E-state index contributed by atoms with van der Waals surface area (Å²) in [4.78, 5) is 8.23. The zero-order valence-corrected chi connectivity index (χ0v) is 52.4. The molecule has 2 unspecified atom stereocenters. The molecule has 0 N–H and O–H groups in total. The molecule has 412 valence electrons. The van der Waals surface area contributed by atoms with E-state index >= 15 is 0 Å². The van der Waals surface area contributed by atoms with Crippen molar-refractivity contribution in [2.24, 2.45) is 0 Å². The van der Waals surface area contributed by atoms with Crippen molar-refractivity contribution in [3.63, 3.8) is 0 Å². The molecule has 9 aromatic rings. The van der Waals surface area contributed by atoms with Crippen LogP contribution < -0.4 is 31.1 Å². The Morgan fingerprint density at radius 3 is 1.59 bits per heavy atom. The van der Waals surface area contributed by atoms with Crippen LogP contribution in [0.5, 0.6) is 0 Å². The Kier molecular flexibility index (Phi) is 11.9. The summed E-state index contributed by atoms with van der Waals surface area (Å²) in [7, 11) is 0. The molecule has 1 aliphatic carbocycles. The molecule has 0 saturated heterocycles. The normalized spacial score (nSPS) is 18.8. The van der Waals surface area contributed by atoms with E-state index in [0.29, 0.717) is 0 Å². The number of anilines is 8. The van der Waals surface area contributed by atoms with Gasteiger partial charge >= 0.3 is 0 Å². The topological polar surface area (TPSA) is 9.72 Å². The number of benzene rings is 8. The second kappa shape index (κ2) is 18.0. The monoisotopic (exact) mass is 1080 g/mol. The van der Waals surface area contributed by atoms with E-state index in [1.165, 1.54) is 123 Å². The molecule has 0 amide bonds. The van der Waals surface area contributed by atoms with Crippen molar-refractivity contribution in [3.05, 3.63) is 185 Å². The standard InChI is InChI=1S/C76H84BN3S/c1-70(2,3)48-25-31-53(32-26-48)78(54-33-27-49(28-34-54)71(4,5)6)55-43-64-68-65(44-55)80-69-59(75(16)37-21-22-38-76(75,80)17)41-52(74(13,14)15)42-61(69)77(68)60-45-58-57-40-51(73(10,11)12)30-36-66(57)81-67(58)46-63(60)79(64)62-35-29-50(72(7,8)9)39-56(62)47-23-19-18-20-24-47/h18-20,23-36,39-46H,21-22,37-38H2,1-17H3. The van der Waals surface area contributed by atoms with Crippen molar-refractivity contribution in [3.8, 4) is 11.1 Å². The Hall–Kier alpha value is -6.56. The van der Waals surface area contributed by atoms with Gasteiger partial charge in [-0.05, 0) is 174 Å². The van der Waals surface area contributed by atoms with Crippen LogP contribution >= 0.6 is 11.3 Å². The van der Waals surface area contributed by atoms with Crippen molar-refractivity contribution < 1.29 is 0 Å². The van der Waals surface area contributed by atoms with Gasteiger partial charge in [-0.15, -0.1) is 11.3 Å². The van der Waals surface area contributed by atoms with Gasteiger partial charge in [0.05, 0.1) is 16.9 Å². The molecule has 0 spiro atoms. The van der Waals surface area contributed by atoms with E-state index < -0.39 is 0 Å². The van der Waals surface area contributed by atoms with Gasteiger partial charge < -0.3 is 14.7 Å². The average Bonchev–Trinajstić information content (AvgIpc) is 1.72. The fraction of sp³-hybridized carbons (Fsp3) is 0.368. The number of thiophene rings is 1. The van der Waals surface area contributed by atoms with Gasteiger partial charge in [-0.3, -0.25) is 0 Å². The number of nitrogens with zero attached hydrogens (tertiary/aromatic N) is 3. The molecule has 8 aromatic carbocycles. The number of fused-ring (bicyclic) bond motifs is 10. The molecular weight excluding hydrogens is 998 g/mol. The molecule has 1 saturated carbocycles. The molecule has 0 radical (unpaired) electrons. The van der Waals surface area contributed by atoms with Gasteiger partial charge in [0.1, 0.15) is 0 Å². The SMILES string of the molecule is CC(C)(C)c1ccc(N(c2ccc(C(C)(C)C)cc2)c2cc3c4c(c2)N2c5c(cc(C(C)(C)C)cc5C5(C)CCCCC25C)B4c2cc4c(cc2N3c2ccc(C(C)(C)C)cc2-c2ccccc2)sc2ccc(C(C)(C)C)cc24)cc1. The third-order valence-electron chi connectivity index (χ3n) is 19.8. The fourth-order valence-electron chi connectivity index (χ4n) is 14.6. The highest BCUT2D eigenvalue weighted by Crippen LogP contribution is 2.63. The lowest BCUT2D eigenvalue weighted by Gasteiger charge is -2.53. The van der Waals surface area contributed by atoms with Gasteiger partial charge in [-0.1, -0.05) is 209 Å². The van der Waals surface area contributed by atoms with Gasteiger partial charge in [0.2, 0.25) is 0 Å². The number of rotatable bonds is 5. The molecule has 3 nitrogen and oxygen atoms in total. The minimum absolute atomic E-state index is 0.0140. The predicted molar refractivity (Wildman–Crippen MR) is 355 cm³/mol. The van der Waals surface area contributed by atoms with Gasteiger partial charge in [0, 0.05) is 59.9 Å². The number of hydrogen-bond donors (Lipinski definition) is 0. The smallest absolute Gasteiger partial charge is 0.252 e.